The van der Waals surface area contributed by atoms with Crippen LogP contribution in [0.1, 0.15) is 5.82 Å². The largest absolute Gasteiger partial charge is 0.358 e. The van der Waals surface area contributed by atoms with Crippen LogP contribution in [0, 0.1) is 24.1 Å². The van der Waals surface area contributed by atoms with E-state index in [1.165, 1.54) is 10.8 Å². The summed E-state index contributed by atoms with van der Waals surface area (Å²) in [5.41, 5.74) is 0. The molecule has 0 aromatic carbocycles. The standard InChI is InChI=1S/C5H6N3O2/c1-4-6-3-5(7(4)2)8(9)10/h3H,2H2,1H3. The molecule has 1 heterocycles. The zero-order valence-corrected chi connectivity index (χ0v) is 5.44. The Morgan fingerprint density at radius 3 is 2.70 bits per heavy atom. The summed E-state index contributed by atoms with van der Waals surface area (Å²) in [6.45, 7) is 1.65. The monoisotopic (exact) mass is 140 g/mol. The average Bonchev–Trinajstić information content (AvgIpc) is 2.14. The fraction of sp³-hybridized carbons (Fsp3) is 0.200. The van der Waals surface area contributed by atoms with E-state index in [-0.39, 0.29) is 5.82 Å². The SMILES string of the molecule is [CH2]n1c([N+](=O)[O-])cnc1C. The summed E-state index contributed by atoms with van der Waals surface area (Å²) in [6.07, 6.45) is 1.18. The molecule has 10 heavy (non-hydrogen) atoms. The highest BCUT2D eigenvalue weighted by molar-refractivity contribution is 5.19. The lowest BCUT2D eigenvalue weighted by Crippen LogP contribution is -1.96. The molecule has 0 saturated carbocycles. The van der Waals surface area contributed by atoms with Gasteiger partial charge in [-0.2, -0.15) is 0 Å². The number of imidazole rings is 1. The van der Waals surface area contributed by atoms with Gasteiger partial charge in [-0.05, 0) is 4.92 Å². The maximum absolute atomic E-state index is 10.1. The molecule has 0 atom stereocenters. The molecule has 53 valence electrons. The summed E-state index contributed by atoms with van der Waals surface area (Å²) in [5, 5.41) is 10.1. The molecule has 0 aliphatic carbocycles. The smallest absolute Gasteiger partial charge is 0.342 e. The van der Waals surface area contributed by atoms with Crippen LogP contribution >= 0.6 is 0 Å². The van der Waals surface area contributed by atoms with Gasteiger partial charge >= 0.3 is 5.82 Å². The van der Waals surface area contributed by atoms with E-state index >= 15 is 0 Å². The van der Waals surface area contributed by atoms with Crippen LogP contribution in [-0.4, -0.2) is 14.5 Å². The van der Waals surface area contributed by atoms with Crippen molar-refractivity contribution in [2.24, 2.45) is 0 Å². The van der Waals surface area contributed by atoms with Crippen LogP contribution in [-0.2, 0) is 0 Å². The maximum atomic E-state index is 10.1. The van der Waals surface area contributed by atoms with Crippen LogP contribution in [0.2, 0.25) is 0 Å². The van der Waals surface area contributed by atoms with Crippen LogP contribution in [0.25, 0.3) is 0 Å². The van der Waals surface area contributed by atoms with Gasteiger partial charge in [0.05, 0.1) is 0 Å². The predicted molar refractivity (Wildman–Crippen MR) is 34.4 cm³/mol. The lowest BCUT2D eigenvalue weighted by molar-refractivity contribution is -0.391. The molecule has 1 radical (unpaired) electrons. The van der Waals surface area contributed by atoms with Crippen molar-refractivity contribution in [1.29, 1.82) is 0 Å². The van der Waals surface area contributed by atoms with E-state index in [2.05, 4.69) is 12.0 Å². The molecule has 5 nitrogen and oxygen atoms in total. The fourth-order valence-corrected chi connectivity index (χ4v) is 0.602. The van der Waals surface area contributed by atoms with Crippen molar-refractivity contribution in [3.05, 3.63) is 29.2 Å². The number of aryl methyl sites for hydroxylation is 1. The maximum Gasteiger partial charge on any atom is 0.342 e. The first kappa shape index (κ1) is 6.73. The van der Waals surface area contributed by atoms with Gasteiger partial charge in [-0.1, -0.05) is 0 Å². The molecule has 0 fully saturated rings. The Bertz CT molecular complexity index is 266. The zero-order chi connectivity index (χ0) is 7.72. The molecule has 1 aromatic rings. The Morgan fingerprint density at radius 1 is 1.90 bits per heavy atom. The molecule has 0 aliphatic heterocycles. The lowest BCUT2D eigenvalue weighted by atomic mass is 10.7. The van der Waals surface area contributed by atoms with E-state index in [1.54, 1.807) is 6.92 Å². The summed E-state index contributed by atoms with van der Waals surface area (Å²) >= 11 is 0. The molecule has 5 heteroatoms. The second kappa shape index (κ2) is 2.09. The quantitative estimate of drug-likeness (QED) is 0.427. The minimum Gasteiger partial charge on any atom is -0.358 e. The highest BCUT2D eigenvalue weighted by Crippen LogP contribution is 2.10. The third-order valence-electron chi connectivity index (χ3n) is 1.22. The first-order valence-corrected chi connectivity index (χ1v) is 2.62. The van der Waals surface area contributed by atoms with Crippen molar-refractivity contribution in [2.45, 2.75) is 6.92 Å². The number of rotatable bonds is 1. The molecule has 0 aliphatic rings. The van der Waals surface area contributed by atoms with Crippen LogP contribution in [0.15, 0.2) is 6.20 Å². The Hall–Kier alpha value is -1.39. The van der Waals surface area contributed by atoms with E-state index in [4.69, 9.17) is 0 Å². The normalized spacial score (nSPS) is 9.80. The molecule has 0 saturated heterocycles. The molecule has 1 aromatic heterocycles. The molecule has 1 rings (SSSR count). The Morgan fingerprint density at radius 2 is 2.50 bits per heavy atom. The van der Waals surface area contributed by atoms with Gasteiger partial charge in [0.2, 0.25) is 0 Å². The van der Waals surface area contributed by atoms with Crippen LogP contribution < -0.4 is 0 Å². The third-order valence-corrected chi connectivity index (χ3v) is 1.22. The van der Waals surface area contributed by atoms with E-state index < -0.39 is 4.92 Å². The first-order valence-electron chi connectivity index (χ1n) is 2.62. The van der Waals surface area contributed by atoms with E-state index in [0.29, 0.717) is 5.82 Å². The van der Waals surface area contributed by atoms with Crippen LogP contribution in [0.4, 0.5) is 5.82 Å². The van der Waals surface area contributed by atoms with E-state index in [0.717, 1.165) is 0 Å². The van der Waals surface area contributed by atoms with Crippen molar-refractivity contribution < 1.29 is 4.92 Å². The number of hydrogen-bond donors (Lipinski definition) is 0. The van der Waals surface area contributed by atoms with E-state index in [1.807, 2.05) is 0 Å². The van der Waals surface area contributed by atoms with Gasteiger partial charge in [0.15, 0.2) is 5.82 Å². The summed E-state index contributed by atoms with van der Waals surface area (Å²) in [6, 6.07) is 0. The van der Waals surface area contributed by atoms with Crippen molar-refractivity contribution in [3.63, 3.8) is 0 Å². The fourth-order valence-electron chi connectivity index (χ4n) is 0.602. The van der Waals surface area contributed by atoms with Gasteiger partial charge in [-0.3, -0.25) is 0 Å². The van der Waals surface area contributed by atoms with Gasteiger partial charge in [-0.15, -0.1) is 0 Å². The highest BCUT2D eigenvalue weighted by atomic mass is 16.6. The zero-order valence-electron chi connectivity index (χ0n) is 5.44. The van der Waals surface area contributed by atoms with Crippen molar-refractivity contribution in [1.82, 2.24) is 9.55 Å². The second-order valence-corrected chi connectivity index (χ2v) is 1.85. The molecule has 0 spiro atoms. The minimum absolute atomic E-state index is 0.0856. The summed E-state index contributed by atoms with van der Waals surface area (Å²) < 4.78 is 1.18. The molecular formula is C5H6N3O2. The van der Waals surface area contributed by atoms with Gasteiger partial charge < -0.3 is 10.1 Å². The first-order chi connectivity index (χ1) is 4.63. The molecule has 0 unspecified atom stereocenters. The Labute approximate surface area is 57.5 Å². The second-order valence-electron chi connectivity index (χ2n) is 1.85. The summed E-state index contributed by atoms with van der Waals surface area (Å²) in [5.74, 6) is 0.448. The highest BCUT2D eigenvalue weighted by Gasteiger charge is 2.11. The van der Waals surface area contributed by atoms with Gasteiger partial charge in [-0.25, -0.2) is 9.55 Å². The van der Waals surface area contributed by atoms with Gasteiger partial charge in [0.25, 0.3) is 0 Å². The van der Waals surface area contributed by atoms with Gasteiger partial charge in [0.1, 0.15) is 13.2 Å². The van der Waals surface area contributed by atoms with Crippen LogP contribution in [0.5, 0.6) is 0 Å². The molecule has 0 amide bonds. The Balaban J connectivity index is 3.17. The van der Waals surface area contributed by atoms with Crippen LogP contribution in [0.3, 0.4) is 0 Å². The number of hydrogen-bond acceptors (Lipinski definition) is 3. The average molecular weight is 140 g/mol. The lowest BCUT2D eigenvalue weighted by Gasteiger charge is -1.91. The third kappa shape index (κ3) is 0.854. The predicted octanol–water partition coefficient (Wildman–Crippen LogP) is 0.739. The van der Waals surface area contributed by atoms with Crippen molar-refractivity contribution in [2.75, 3.05) is 0 Å². The summed E-state index contributed by atoms with van der Waals surface area (Å²) in [4.78, 5) is 13.3. The number of aromatic nitrogens is 2. The number of nitro groups is 1. The van der Waals surface area contributed by atoms with Crippen molar-refractivity contribution >= 4 is 5.82 Å². The topological polar surface area (TPSA) is 61.0 Å². The minimum atomic E-state index is -0.521. The molecular weight excluding hydrogens is 134 g/mol. The summed E-state index contributed by atoms with van der Waals surface area (Å²) in [7, 11) is 3.41. The van der Waals surface area contributed by atoms with E-state index in [9.17, 15) is 10.1 Å². The molecule has 0 N–H and O–H groups in total. The van der Waals surface area contributed by atoms with Gasteiger partial charge in [0, 0.05) is 6.92 Å². The molecule has 0 bridgehead atoms. The van der Waals surface area contributed by atoms with Crippen molar-refractivity contribution in [3.8, 4) is 0 Å². The Kier molecular flexibility index (Phi) is 1.41. The number of nitrogens with zero attached hydrogens (tertiary/aromatic N) is 3.